The molecule has 3 unspecified atom stereocenters. The van der Waals surface area contributed by atoms with Crippen molar-refractivity contribution < 1.29 is 4.74 Å². The van der Waals surface area contributed by atoms with Crippen molar-refractivity contribution in [3.63, 3.8) is 0 Å². The molecule has 0 saturated heterocycles. The number of hydrogen-bond acceptors (Lipinski definition) is 2. The first kappa shape index (κ1) is 7.56. The monoisotopic (exact) mass is 155 g/mol. The lowest BCUT2D eigenvalue weighted by Crippen LogP contribution is -2.44. The van der Waals surface area contributed by atoms with E-state index in [-0.39, 0.29) is 5.60 Å². The van der Waals surface area contributed by atoms with Crippen LogP contribution in [0, 0.1) is 11.8 Å². The highest BCUT2D eigenvalue weighted by Crippen LogP contribution is 2.51. The van der Waals surface area contributed by atoms with Crippen molar-refractivity contribution in [1.82, 2.24) is 0 Å². The Hall–Kier alpha value is -0.0800. The Balaban J connectivity index is 2.14. The van der Waals surface area contributed by atoms with E-state index in [9.17, 15) is 0 Å². The molecule has 0 aromatic rings. The minimum absolute atomic E-state index is 0.0723. The second-order valence-corrected chi connectivity index (χ2v) is 4.05. The second-order valence-electron chi connectivity index (χ2n) is 4.05. The molecule has 2 heteroatoms. The molecule has 2 bridgehead atoms. The van der Waals surface area contributed by atoms with Crippen molar-refractivity contribution in [2.24, 2.45) is 17.6 Å². The van der Waals surface area contributed by atoms with Crippen LogP contribution in [0.1, 0.15) is 25.7 Å². The predicted octanol–water partition coefficient (Wildman–Crippen LogP) is 1.15. The highest BCUT2D eigenvalue weighted by atomic mass is 16.5. The molecule has 2 fully saturated rings. The van der Waals surface area contributed by atoms with E-state index in [0.717, 1.165) is 11.8 Å². The molecule has 2 rings (SSSR count). The number of methoxy groups -OCH3 is 1. The second kappa shape index (κ2) is 2.46. The van der Waals surface area contributed by atoms with Crippen LogP contribution in [-0.4, -0.2) is 19.3 Å². The topological polar surface area (TPSA) is 35.2 Å². The van der Waals surface area contributed by atoms with Gasteiger partial charge in [0.05, 0.1) is 5.60 Å². The van der Waals surface area contributed by atoms with Crippen molar-refractivity contribution >= 4 is 0 Å². The molecule has 2 saturated carbocycles. The zero-order valence-electron chi connectivity index (χ0n) is 7.18. The standard InChI is InChI=1S/C9H17NO/c1-11-9(6-10)5-7-2-3-8(9)4-7/h7-8H,2-6,10H2,1H3. The fourth-order valence-corrected chi connectivity index (χ4v) is 2.98. The van der Waals surface area contributed by atoms with Gasteiger partial charge in [-0.05, 0) is 37.5 Å². The van der Waals surface area contributed by atoms with Crippen molar-refractivity contribution in [2.45, 2.75) is 31.3 Å². The highest BCUT2D eigenvalue weighted by Gasteiger charge is 2.50. The van der Waals surface area contributed by atoms with Crippen molar-refractivity contribution in [3.05, 3.63) is 0 Å². The molecular formula is C9H17NO. The number of fused-ring (bicyclic) bond motifs is 2. The lowest BCUT2D eigenvalue weighted by molar-refractivity contribution is -0.0459. The summed E-state index contributed by atoms with van der Waals surface area (Å²) in [5.41, 5.74) is 5.81. The van der Waals surface area contributed by atoms with Crippen molar-refractivity contribution in [3.8, 4) is 0 Å². The molecule has 64 valence electrons. The van der Waals surface area contributed by atoms with Gasteiger partial charge in [-0.3, -0.25) is 0 Å². The van der Waals surface area contributed by atoms with Gasteiger partial charge in [0.1, 0.15) is 0 Å². The van der Waals surface area contributed by atoms with Gasteiger partial charge in [-0.25, -0.2) is 0 Å². The van der Waals surface area contributed by atoms with E-state index >= 15 is 0 Å². The Bertz CT molecular complexity index is 154. The van der Waals surface area contributed by atoms with Crippen LogP contribution in [0.3, 0.4) is 0 Å². The molecule has 0 spiro atoms. The van der Waals surface area contributed by atoms with Crippen LogP contribution in [0.15, 0.2) is 0 Å². The van der Waals surface area contributed by atoms with E-state index in [1.54, 1.807) is 0 Å². The molecule has 0 aromatic heterocycles. The summed E-state index contributed by atoms with van der Waals surface area (Å²) in [5.74, 6) is 1.69. The van der Waals surface area contributed by atoms with Crippen LogP contribution in [0.25, 0.3) is 0 Å². The van der Waals surface area contributed by atoms with E-state index in [1.807, 2.05) is 7.11 Å². The van der Waals surface area contributed by atoms with Gasteiger partial charge in [0.2, 0.25) is 0 Å². The zero-order valence-corrected chi connectivity index (χ0v) is 7.18. The number of rotatable bonds is 2. The molecule has 2 nitrogen and oxygen atoms in total. The molecule has 2 aliphatic carbocycles. The van der Waals surface area contributed by atoms with E-state index in [4.69, 9.17) is 10.5 Å². The van der Waals surface area contributed by atoms with E-state index in [0.29, 0.717) is 6.54 Å². The summed E-state index contributed by atoms with van der Waals surface area (Å²) < 4.78 is 5.56. The first-order valence-electron chi connectivity index (χ1n) is 4.56. The minimum atomic E-state index is 0.0723. The zero-order chi connectivity index (χ0) is 7.90. The predicted molar refractivity (Wildman–Crippen MR) is 44.2 cm³/mol. The molecule has 0 heterocycles. The molecule has 2 N–H and O–H groups in total. The maximum Gasteiger partial charge on any atom is 0.0831 e. The van der Waals surface area contributed by atoms with Gasteiger partial charge in [-0.2, -0.15) is 0 Å². The van der Waals surface area contributed by atoms with Crippen LogP contribution in [0.5, 0.6) is 0 Å². The summed E-state index contributed by atoms with van der Waals surface area (Å²) >= 11 is 0. The number of nitrogens with two attached hydrogens (primary N) is 1. The minimum Gasteiger partial charge on any atom is -0.377 e. The summed E-state index contributed by atoms with van der Waals surface area (Å²) in [5, 5.41) is 0. The summed E-state index contributed by atoms with van der Waals surface area (Å²) in [6, 6.07) is 0. The average molecular weight is 155 g/mol. The summed E-state index contributed by atoms with van der Waals surface area (Å²) in [6.07, 6.45) is 5.33. The van der Waals surface area contributed by atoms with Gasteiger partial charge in [0.15, 0.2) is 0 Å². The Kier molecular flexibility index (Phi) is 1.69. The summed E-state index contributed by atoms with van der Waals surface area (Å²) in [7, 11) is 1.81. The third kappa shape index (κ3) is 0.926. The molecule has 3 atom stereocenters. The van der Waals surface area contributed by atoms with Crippen LogP contribution < -0.4 is 5.73 Å². The number of ether oxygens (including phenoxy) is 1. The smallest absolute Gasteiger partial charge is 0.0831 e. The maximum atomic E-state index is 5.74. The van der Waals surface area contributed by atoms with Gasteiger partial charge in [-0.15, -0.1) is 0 Å². The van der Waals surface area contributed by atoms with Gasteiger partial charge in [0.25, 0.3) is 0 Å². The van der Waals surface area contributed by atoms with Crippen molar-refractivity contribution in [1.29, 1.82) is 0 Å². The van der Waals surface area contributed by atoms with Gasteiger partial charge in [0, 0.05) is 13.7 Å². The molecule has 0 aromatic carbocycles. The normalized spacial score (nSPS) is 48.5. The summed E-state index contributed by atoms with van der Waals surface area (Å²) in [6.45, 7) is 0.713. The van der Waals surface area contributed by atoms with E-state index < -0.39 is 0 Å². The molecule has 0 aliphatic heterocycles. The Morgan fingerprint density at radius 2 is 2.36 bits per heavy atom. The Morgan fingerprint density at radius 1 is 1.55 bits per heavy atom. The van der Waals surface area contributed by atoms with Crippen LogP contribution in [0.2, 0.25) is 0 Å². The van der Waals surface area contributed by atoms with Gasteiger partial charge >= 0.3 is 0 Å². The average Bonchev–Trinajstić information content (AvgIpc) is 2.62. The Morgan fingerprint density at radius 3 is 2.64 bits per heavy atom. The quantitative estimate of drug-likeness (QED) is 0.649. The third-order valence-electron chi connectivity index (χ3n) is 3.67. The van der Waals surface area contributed by atoms with E-state index in [1.165, 1.54) is 25.7 Å². The van der Waals surface area contributed by atoms with Gasteiger partial charge in [-0.1, -0.05) is 0 Å². The molecule has 11 heavy (non-hydrogen) atoms. The first-order valence-corrected chi connectivity index (χ1v) is 4.56. The summed E-state index contributed by atoms with van der Waals surface area (Å²) in [4.78, 5) is 0. The van der Waals surface area contributed by atoms with Crippen LogP contribution in [-0.2, 0) is 4.74 Å². The molecule has 0 radical (unpaired) electrons. The maximum absolute atomic E-state index is 5.74. The molecule has 2 aliphatic rings. The fraction of sp³-hybridized carbons (Fsp3) is 1.00. The SMILES string of the molecule is COC1(CN)CC2CCC1C2. The fourth-order valence-electron chi connectivity index (χ4n) is 2.98. The Labute approximate surface area is 68.1 Å². The van der Waals surface area contributed by atoms with Crippen LogP contribution in [0.4, 0.5) is 0 Å². The molecular weight excluding hydrogens is 138 g/mol. The third-order valence-corrected chi connectivity index (χ3v) is 3.67. The first-order chi connectivity index (χ1) is 5.30. The molecule has 0 amide bonds. The lowest BCUT2D eigenvalue weighted by atomic mass is 9.84. The van der Waals surface area contributed by atoms with Crippen molar-refractivity contribution in [2.75, 3.05) is 13.7 Å². The largest absolute Gasteiger partial charge is 0.377 e. The number of hydrogen-bond donors (Lipinski definition) is 1. The van der Waals surface area contributed by atoms with Gasteiger partial charge < -0.3 is 10.5 Å². The van der Waals surface area contributed by atoms with E-state index in [2.05, 4.69) is 0 Å². The highest BCUT2D eigenvalue weighted by molar-refractivity contribution is 5.02. The van der Waals surface area contributed by atoms with Crippen LogP contribution >= 0.6 is 0 Å². The lowest BCUT2D eigenvalue weighted by Gasteiger charge is -2.35.